The third kappa shape index (κ3) is 4.11. The molecule has 1 aliphatic heterocycles. The lowest BCUT2D eigenvalue weighted by Crippen LogP contribution is -2.14. The van der Waals surface area contributed by atoms with Gasteiger partial charge in [0.05, 0.1) is 5.56 Å². The first-order chi connectivity index (χ1) is 14.0. The van der Waals surface area contributed by atoms with Crippen LogP contribution in [0, 0.1) is 0 Å². The predicted molar refractivity (Wildman–Crippen MR) is 114 cm³/mol. The lowest BCUT2D eigenvalue weighted by molar-refractivity contribution is -0.134. The number of alkyl halides is 1. The van der Waals surface area contributed by atoms with Crippen molar-refractivity contribution in [3.05, 3.63) is 99.7 Å². The van der Waals surface area contributed by atoms with Crippen LogP contribution in [0.15, 0.2) is 83.0 Å². The van der Waals surface area contributed by atoms with Gasteiger partial charge in [0.2, 0.25) is 5.78 Å². The molecule has 0 saturated heterocycles. The van der Waals surface area contributed by atoms with Crippen molar-refractivity contribution < 1.29 is 19.1 Å². The Kier molecular flexibility index (Phi) is 5.51. The average molecular weight is 470 g/mol. The second kappa shape index (κ2) is 8.23. The number of fused-ring (bicyclic) bond motifs is 1. The Hall–Kier alpha value is -2.89. The van der Waals surface area contributed by atoms with Crippen LogP contribution in [0.5, 0.6) is 11.5 Å². The van der Waals surface area contributed by atoms with Gasteiger partial charge in [0, 0.05) is 10.5 Å². The highest BCUT2D eigenvalue weighted by molar-refractivity contribution is 9.10. The third-order valence-electron chi connectivity index (χ3n) is 4.35. The number of hydrogen-bond acceptors (Lipinski definition) is 4. The Bertz CT molecular complexity index is 1120. The first-order valence-electron chi connectivity index (χ1n) is 8.76. The minimum absolute atomic E-state index is 0.204. The minimum Gasteiger partial charge on any atom is -0.452 e. The van der Waals surface area contributed by atoms with Crippen molar-refractivity contribution in [2.45, 2.75) is 5.38 Å². The van der Waals surface area contributed by atoms with Crippen LogP contribution >= 0.6 is 27.5 Å². The van der Waals surface area contributed by atoms with E-state index in [-0.39, 0.29) is 17.3 Å². The zero-order valence-electron chi connectivity index (χ0n) is 15.0. The summed E-state index contributed by atoms with van der Waals surface area (Å²) in [5, 5.41) is -0.933. The molecule has 0 bridgehead atoms. The van der Waals surface area contributed by atoms with E-state index < -0.39 is 11.3 Å². The number of carbonyl (C=O) groups is 2. The van der Waals surface area contributed by atoms with E-state index in [4.69, 9.17) is 21.1 Å². The SMILES string of the molecule is O=C1/C(=C/c2ccccc2Br)Oc2cc(OC(=O)C(Cl)c3ccccc3)ccc21. The van der Waals surface area contributed by atoms with Gasteiger partial charge in [-0.2, -0.15) is 0 Å². The van der Waals surface area contributed by atoms with Gasteiger partial charge in [-0.05, 0) is 35.4 Å². The summed E-state index contributed by atoms with van der Waals surface area (Å²) in [5.41, 5.74) is 1.88. The van der Waals surface area contributed by atoms with Gasteiger partial charge in [-0.25, -0.2) is 4.79 Å². The van der Waals surface area contributed by atoms with Crippen LogP contribution in [-0.4, -0.2) is 11.8 Å². The van der Waals surface area contributed by atoms with E-state index in [1.165, 1.54) is 6.07 Å². The molecule has 29 heavy (non-hydrogen) atoms. The van der Waals surface area contributed by atoms with Crippen molar-refractivity contribution in [1.29, 1.82) is 0 Å². The predicted octanol–water partition coefficient (Wildman–Crippen LogP) is 5.95. The highest BCUT2D eigenvalue weighted by atomic mass is 79.9. The Morgan fingerprint density at radius 2 is 1.76 bits per heavy atom. The van der Waals surface area contributed by atoms with Gasteiger partial charge >= 0.3 is 5.97 Å². The maximum absolute atomic E-state index is 12.6. The Labute approximate surface area is 180 Å². The molecule has 1 unspecified atom stereocenters. The molecule has 3 aromatic rings. The first kappa shape index (κ1) is 19.4. The van der Waals surface area contributed by atoms with Gasteiger partial charge < -0.3 is 9.47 Å². The molecule has 3 aromatic carbocycles. The molecule has 0 saturated carbocycles. The lowest BCUT2D eigenvalue weighted by Gasteiger charge is -2.10. The molecule has 0 spiro atoms. The number of hydrogen-bond donors (Lipinski definition) is 0. The van der Waals surface area contributed by atoms with Gasteiger partial charge in [-0.1, -0.05) is 64.5 Å². The minimum atomic E-state index is -0.933. The van der Waals surface area contributed by atoms with Crippen molar-refractivity contribution in [2.75, 3.05) is 0 Å². The second-order valence-corrected chi connectivity index (χ2v) is 7.60. The molecule has 144 valence electrons. The zero-order chi connectivity index (χ0) is 20.4. The molecule has 4 nitrogen and oxygen atoms in total. The van der Waals surface area contributed by atoms with Gasteiger partial charge in [0.25, 0.3) is 0 Å². The molecule has 1 atom stereocenters. The monoisotopic (exact) mass is 468 g/mol. The Morgan fingerprint density at radius 3 is 2.52 bits per heavy atom. The number of esters is 1. The third-order valence-corrected chi connectivity index (χ3v) is 5.50. The van der Waals surface area contributed by atoms with E-state index in [1.807, 2.05) is 30.3 Å². The van der Waals surface area contributed by atoms with Crippen molar-refractivity contribution in [2.24, 2.45) is 0 Å². The topological polar surface area (TPSA) is 52.6 Å². The zero-order valence-corrected chi connectivity index (χ0v) is 17.3. The smallest absolute Gasteiger partial charge is 0.334 e. The summed E-state index contributed by atoms with van der Waals surface area (Å²) < 4.78 is 11.9. The van der Waals surface area contributed by atoms with E-state index in [2.05, 4.69) is 15.9 Å². The Morgan fingerprint density at radius 1 is 1.03 bits per heavy atom. The summed E-state index contributed by atoms with van der Waals surface area (Å²) in [5.74, 6) is -0.0381. The molecule has 1 aliphatic rings. The number of benzene rings is 3. The molecule has 0 N–H and O–H groups in total. The molecule has 6 heteroatoms. The lowest BCUT2D eigenvalue weighted by atomic mass is 10.1. The fourth-order valence-corrected chi connectivity index (χ4v) is 3.48. The molecule has 0 amide bonds. The average Bonchev–Trinajstić information content (AvgIpc) is 3.04. The number of ether oxygens (including phenoxy) is 2. The Balaban J connectivity index is 1.53. The van der Waals surface area contributed by atoms with Crippen LogP contribution in [0.4, 0.5) is 0 Å². The molecular weight excluding hydrogens is 456 g/mol. The molecular formula is C23H14BrClO4. The fraction of sp³-hybridized carbons (Fsp3) is 0.0435. The summed E-state index contributed by atoms with van der Waals surface area (Å²) in [6.45, 7) is 0. The van der Waals surface area contributed by atoms with Gasteiger partial charge in [0.1, 0.15) is 11.5 Å². The van der Waals surface area contributed by atoms with Gasteiger partial charge in [-0.15, -0.1) is 11.6 Å². The molecule has 1 heterocycles. The fourth-order valence-electron chi connectivity index (χ4n) is 2.89. The van der Waals surface area contributed by atoms with Gasteiger partial charge in [-0.3, -0.25) is 4.79 Å². The van der Waals surface area contributed by atoms with Crippen LogP contribution < -0.4 is 9.47 Å². The van der Waals surface area contributed by atoms with E-state index in [9.17, 15) is 9.59 Å². The van der Waals surface area contributed by atoms with Crippen molar-refractivity contribution in [3.8, 4) is 11.5 Å². The van der Waals surface area contributed by atoms with Crippen molar-refractivity contribution in [3.63, 3.8) is 0 Å². The summed E-state index contributed by atoms with van der Waals surface area (Å²) in [6.07, 6.45) is 1.67. The van der Waals surface area contributed by atoms with Crippen molar-refractivity contribution >= 4 is 45.4 Å². The quantitative estimate of drug-likeness (QED) is 0.205. The standard InChI is InChI=1S/C23H14BrClO4/c24-18-9-5-4-8-15(18)12-20-22(26)17-11-10-16(13-19(17)29-20)28-23(27)21(25)14-6-2-1-3-7-14/h1-13,21H/b20-12-. The largest absolute Gasteiger partial charge is 0.452 e. The number of halogens is 2. The summed E-state index contributed by atoms with van der Waals surface area (Å²) >= 11 is 9.65. The summed E-state index contributed by atoms with van der Waals surface area (Å²) in [4.78, 5) is 24.9. The van der Waals surface area contributed by atoms with E-state index in [0.29, 0.717) is 16.9 Å². The van der Waals surface area contributed by atoms with E-state index in [1.54, 1.807) is 42.5 Å². The van der Waals surface area contributed by atoms with Crippen LogP contribution in [0.25, 0.3) is 6.08 Å². The van der Waals surface area contributed by atoms with Gasteiger partial charge in [0.15, 0.2) is 11.1 Å². The maximum Gasteiger partial charge on any atom is 0.334 e. The van der Waals surface area contributed by atoms with Crippen LogP contribution in [0.1, 0.15) is 26.9 Å². The van der Waals surface area contributed by atoms with E-state index >= 15 is 0 Å². The maximum atomic E-state index is 12.6. The van der Waals surface area contributed by atoms with Crippen LogP contribution in [0.3, 0.4) is 0 Å². The van der Waals surface area contributed by atoms with Crippen LogP contribution in [-0.2, 0) is 4.79 Å². The summed E-state index contributed by atoms with van der Waals surface area (Å²) in [7, 11) is 0. The number of ketones is 1. The normalized spacial score (nSPS) is 15.0. The molecule has 4 rings (SSSR count). The molecule has 0 radical (unpaired) electrons. The van der Waals surface area contributed by atoms with E-state index in [0.717, 1.165) is 10.0 Å². The first-order valence-corrected chi connectivity index (χ1v) is 9.99. The van der Waals surface area contributed by atoms with Crippen LogP contribution in [0.2, 0.25) is 0 Å². The molecule has 0 fully saturated rings. The summed E-state index contributed by atoms with van der Waals surface area (Å²) in [6, 6.07) is 21.1. The molecule has 0 aromatic heterocycles. The highest BCUT2D eigenvalue weighted by Gasteiger charge is 2.29. The molecule has 0 aliphatic carbocycles. The second-order valence-electron chi connectivity index (χ2n) is 6.31. The number of rotatable bonds is 4. The van der Waals surface area contributed by atoms with Crippen molar-refractivity contribution in [1.82, 2.24) is 0 Å². The number of Topliss-reactive ketones (excluding diaryl/α,β-unsaturated/α-hetero) is 1. The highest BCUT2D eigenvalue weighted by Crippen LogP contribution is 2.36. The number of allylic oxidation sites excluding steroid dienone is 1. The number of carbonyl (C=O) groups excluding carboxylic acids is 2.